The van der Waals surface area contributed by atoms with Crippen LogP contribution in [0.1, 0.15) is 0 Å². The molecular weight excluding hydrogens is 709 g/mol. The Bertz CT molecular complexity index is 3550. The van der Waals surface area contributed by atoms with Crippen molar-refractivity contribution >= 4 is 65.4 Å². The summed E-state index contributed by atoms with van der Waals surface area (Å²) >= 11 is 0. The molecule has 0 bridgehead atoms. The van der Waals surface area contributed by atoms with Gasteiger partial charge in [-0.05, 0) is 60.7 Å². The van der Waals surface area contributed by atoms with Crippen molar-refractivity contribution < 1.29 is 0 Å². The van der Waals surface area contributed by atoms with Crippen molar-refractivity contribution in [3.63, 3.8) is 0 Å². The molecule has 0 aliphatic carbocycles. The van der Waals surface area contributed by atoms with Crippen LogP contribution in [0.15, 0.2) is 194 Å². The molecule has 6 heteroatoms. The summed E-state index contributed by atoms with van der Waals surface area (Å²) < 4.78 is 4.60. The van der Waals surface area contributed by atoms with Crippen molar-refractivity contribution in [3.8, 4) is 45.5 Å². The van der Waals surface area contributed by atoms with Crippen molar-refractivity contribution in [1.82, 2.24) is 29.1 Å². The lowest BCUT2D eigenvalue weighted by atomic mass is 10.1. The van der Waals surface area contributed by atoms with E-state index in [1.54, 1.807) is 0 Å². The fourth-order valence-corrected chi connectivity index (χ4v) is 8.77. The van der Waals surface area contributed by atoms with Gasteiger partial charge >= 0.3 is 0 Å². The number of rotatable bonds is 5. The minimum absolute atomic E-state index is 0.647. The minimum Gasteiger partial charge on any atom is -0.309 e. The highest BCUT2D eigenvalue weighted by atomic mass is 15.2. The van der Waals surface area contributed by atoms with E-state index >= 15 is 0 Å². The Hall–Kier alpha value is -7.96. The van der Waals surface area contributed by atoms with E-state index in [0.29, 0.717) is 11.8 Å². The van der Waals surface area contributed by atoms with Crippen LogP contribution in [0.3, 0.4) is 0 Å². The van der Waals surface area contributed by atoms with Crippen LogP contribution in [0.2, 0.25) is 0 Å². The summed E-state index contributed by atoms with van der Waals surface area (Å²) in [6.07, 6.45) is 0. The molecule has 0 saturated carbocycles. The molecule has 0 amide bonds. The van der Waals surface area contributed by atoms with Gasteiger partial charge in [0.1, 0.15) is 0 Å². The molecule has 0 aliphatic heterocycles. The van der Waals surface area contributed by atoms with Crippen molar-refractivity contribution in [2.45, 2.75) is 0 Å². The van der Waals surface area contributed by atoms with Gasteiger partial charge in [0.25, 0.3) is 0 Å². The lowest BCUT2D eigenvalue weighted by Crippen LogP contribution is -2.03. The van der Waals surface area contributed by atoms with E-state index in [1.807, 2.05) is 30.3 Å². The molecule has 4 heterocycles. The topological polar surface area (TPSA) is 61.4 Å². The van der Waals surface area contributed by atoms with E-state index in [1.165, 1.54) is 16.2 Å². The largest absolute Gasteiger partial charge is 0.309 e. The molecule has 0 N–H and O–H groups in total. The average molecular weight is 741 g/mol. The first-order chi connectivity index (χ1) is 28.8. The second kappa shape index (κ2) is 12.8. The summed E-state index contributed by atoms with van der Waals surface area (Å²) in [5.41, 5.74) is 12.2. The van der Waals surface area contributed by atoms with Gasteiger partial charge < -0.3 is 4.57 Å². The Kier molecular flexibility index (Phi) is 7.13. The normalized spacial score (nSPS) is 11.8. The molecule has 0 saturated heterocycles. The van der Waals surface area contributed by atoms with Gasteiger partial charge in [0.05, 0.1) is 44.5 Å². The summed E-state index contributed by atoms with van der Waals surface area (Å²) in [5.74, 6) is 1.35. The van der Waals surface area contributed by atoms with Gasteiger partial charge in [0.15, 0.2) is 5.82 Å². The summed E-state index contributed by atoms with van der Waals surface area (Å²) in [6.45, 7) is 0. The molecule has 0 unspecified atom stereocenters. The Balaban J connectivity index is 1.06. The fraction of sp³-hybridized carbons (Fsp3) is 0. The highest BCUT2D eigenvalue weighted by molar-refractivity contribution is 6.28. The van der Waals surface area contributed by atoms with Crippen LogP contribution in [-0.2, 0) is 0 Å². The van der Waals surface area contributed by atoms with Crippen LogP contribution in [0.5, 0.6) is 0 Å². The van der Waals surface area contributed by atoms with Crippen LogP contribution in [0.25, 0.3) is 111 Å². The first-order valence-corrected chi connectivity index (χ1v) is 19.5. The Labute approximate surface area is 333 Å². The predicted octanol–water partition coefficient (Wildman–Crippen LogP) is 12.8. The third-order valence-electron chi connectivity index (χ3n) is 11.3. The third-order valence-corrected chi connectivity index (χ3v) is 11.3. The van der Waals surface area contributed by atoms with Crippen molar-refractivity contribution in [1.29, 1.82) is 0 Å². The SMILES string of the molecule is c1ccc(-c2nc(-c3ccc(-n4c5ccccc5c5c6c7ccccc7n(-c7nc(-c8ccccc8)c8ccccc8n7)c6ccc54)cc3)nc3ccccc23)cc1. The molecule has 0 spiro atoms. The van der Waals surface area contributed by atoms with Gasteiger partial charge in [-0.2, -0.15) is 0 Å². The number of nitrogens with zero attached hydrogens (tertiary/aromatic N) is 6. The zero-order valence-electron chi connectivity index (χ0n) is 31.2. The highest BCUT2D eigenvalue weighted by Crippen LogP contribution is 2.42. The summed E-state index contributed by atoms with van der Waals surface area (Å²) in [4.78, 5) is 20.7. The molecule has 270 valence electrons. The smallest absolute Gasteiger partial charge is 0.235 e. The molecule has 0 aliphatic rings. The summed E-state index contributed by atoms with van der Waals surface area (Å²) in [6, 6.07) is 67.7. The lowest BCUT2D eigenvalue weighted by molar-refractivity contribution is 1.01. The van der Waals surface area contributed by atoms with Gasteiger partial charge in [-0.1, -0.05) is 133 Å². The highest BCUT2D eigenvalue weighted by Gasteiger charge is 2.22. The molecule has 58 heavy (non-hydrogen) atoms. The molecule has 0 atom stereocenters. The standard InChI is InChI=1S/C52H32N6/c1-3-15-33(16-4-1)49-37-19-7-11-23-41(37)53-51(55-49)35-27-29-36(30-28-35)57-43-25-13-9-21-39(43)47-45(57)31-32-46-48(47)40-22-10-14-26-44(40)58(46)52-54-42-24-12-8-20-38(42)50(56-52)34-17-5-2-6-18-34/h1-32H. The Morgan fingerprint density at radius 1 is 0.293 bits per heavy atom. The van der Waals surface area contributed by atoms with E-state index < -0.39 is 0 Å². The number of fused-ring (bicyclic) bond motifs is 9. The molecule has 0 radical (unpaired) electrons. The van der Waals surface area contributed by atoms with Crippen LogP contribution < -0.4 is 0 Å². The van der Waals surface area contributed by atoms with Gasteiger partial charge in [0, 0.05) is 54.7 Å². The van der Waals surface area contributed by atoms with Gasteiger partial charge in [0.2, 0.25) is 5.95 Å². The first kappa shape index (κ1) is 32.3. The van der Waals surface area contributed by atoms with Crippen LogP contribution in [-0.4, -0.2) is 29.1 Å². The maximum atomic E-state index is 5.32. The van der Waals surface area contributed by atoms with Crippen LogP contribution in [0.4, 0.5) is 0 Å². The first-order valence-electron chi connectivity index (χ1n) is 19.5. The molecule has 0 fully saturated rings. The molecule has 12 rings (SSSR count). The molecule has 8 aromatic carbocycles. The monoisotopic (exact) mass is 740 g/mol. The second-order valence-corrected chi connectivity index (χ2v) is 14.6. The number of hydrogen-bond donors (Lipinski definition) is 0. The van der Waals surface area contributed by atoms with Crippen molar-refractivity contribution in [2.75, 3.05) is 0 Å². The number of benzene rings is 8. The van der Waals surface area contributed by atoms with E-state index in [4.69, 9.17) is 19.9 Å². The van der Waals surface area contributed by atoms with Gasteiger partial charge in [-0.3, -0.25) is 4.57 Å². The quantitative estimate of drug-likeness (QED) is 0.176. The minimum atomic E-state index is 0.647. The Morgan fingerprint density at radius 2 is 0.759 bits per heavy atom. The summed E-state index contributed by atoms with van der Waals surface area (Å²) in [7, 11) is 0. The van der Waals surface area contributed by atoms with E-state index in [0.717, 1.165) is 83.0 Å². The van der Waals surface area contributed by atoms with E-state index in [9.17, 15) is 0 Å². The van der Waals surface area contributed by atoms with Crippen LogP contribution in [0, 0.1) is 0 Å². The van der Waals surface area contributed by atoms with Crippen LogP contribution >= 0.6 is 0 Å². The Morgan fingerprint density at radius 3 is 1.36 bits per heavy atom. The van der Waals surface area contributed by atoms with E-state index in [-0.39, 0.29) is 0 Å². The van der Waals surface area contributed by atoms with Gasteiger partial charge in [-0.15, -0.1) is 0 Å². The number of hydrogen-bond acceptors (Lipinski definition) is 4. The van der Waals surface area contributed by atoms with Gasteiger partial charge in [-0.25, -0.2) is 19.9 Å². The molecule has 4 aromatic heterocycles. The molecule has 12 aromatic rings. The van der Waals surface area contributed by atoms with E-state index in [2.05, 4.69) is 173 Å². The maximum Gasteiger partial charge on any atom is 0.235 e. The fourth-order valence-electron chi connectivity index (χ4n) is 8.77. The molecule has 6 nitrogen and oxygen atoms in total. The van der Waals surface area contributed by atoms with Crippen molar-refractivity contribution in [3.05, 3.63) is 194 Å². The zero-order valence-corrected chi connectivity index (χ0v) is 31.2. The zero-order chi connectivity index (χ0) is 38.2. The number of aromatic nitrogens is 6. The number of para-hydroxylation sites is 4. The maximum absolute atomic E-state index is 5.32. The second-order valence-electron chi connectivity index (χ2n) is 14.6. The summed E-state index contributed by atoms with van der Waals surface area (Å²) in [5, 5.41) is 6.78. The molecular formula is C52H32N6. The van der Waals surface area contributed by atoms with Crippen molar-refractivity contribution in [2.24, 2.45) is 0 Å². The predicted molar refractivity (Wildman–Crippen MR) is 238 cm³/mol. The average Bonchev–Trinajstić information content (AvgIpc) is 3.82. The lowest BCUT2D eigenvalue weighted by Gasteiger charge is -2.12. The third kappa shape index (κ3) is 4.92.